The second kappa shape index (κ2) is 10.5. The molecule has 0 aliphatic carbocycles. The SMILES string of the molecule is CCCOc1ccnc(NCCCOCCOC)n1. The van der Waals surface area contributed by atoms with Crippen LogP contribution in [0.2, 0.25) is 0 Å². The van der Waals surface area contributed by atoms with Gasteiger partial charge in [0.15, 0.2) is 0 Å². The van der Waals surface area contributed by atoms with Gasteiger partial charge in [0.1, 0.15) is 0 Å². The van der Waals surface area contributed by atoms with Crippen LogP contribution in [-0.2, 0) is 9.47 Å². The lowest BCUT2D eigenvalue weighted by Crippen LogP contribution is -2.10. The molecule has 0 spiro atoms. The maximum absolute atomic E-state index is 5.44. The Morgan fingerprint density at radius 1 is 1.21 bits per heavy atom. The predicted octanol–water partition coefficient (Wildman–Crippen LogP) is 1.73. The Hall–Kier alpha value is -1.40. The number of nitrogens with zero attached hydrogens (tertiary/aromatic N) is 2. The van der Waals surface area contributed by atoms with Crippen molar-refractivity contribution in [1.29, 1.82) is 0 Å². The van der Waals surface area contributed by atoms with Crippen molar-refractivity contribution in [2.45, 2.75) is 19.8 Å². The number of anilines is 1. The standard InChI is InChI=1S/C13H23N3O3/c1-3-8-19-12-5-7-15-13(16-12)14-6-4-9-18-11-10-17-2/h5,7H,3-4,6,8-11H2,1-2H3,(H,14,15,16). The minimum absolute atomic E-state index is 0.588. The van der Waals surface area contributed by atoms with Gasteiger partial charge in [-0.1, -0.05) is 6.92 Å². The third-order valence-corrected chi connectivity index (χ3v) is 2.26. The molecule has 1 heterocycles. The van der Waals surface area contributed by atoms with Crippen molar-refractivity contribution in [3.8, 4) is 5.88 Å². The Labute approximate surface area is 114 Å². The predicted molar refractivity (Wildman–Crippen MR) is 73.6 cm³/mol. The molecule has 0 atom stereocenters. The molecule has 108 valence electrons. The molecule has 0 aliphatic rings. The zero-order valence-electron chi connectivity index (χ0n) is 11.7. The summed E-state index contributed by atoms with van der Waals surface area (Å²) in [4.78, 5) is 8.38. The Balaban J connectivity index is 2.14. The van der Waals surface area contributed by atoms with E-state index in [2.05, 4.69) is 22.2 Å². The summed E-state index contributed by atoms with van der Waals surface area (Å²) >= 11 is 0. The molecule has 0 aromatic carbocycles. The van der Waals surface area contributed by atoms with E-state index in [0.29, 0.717) is 38.3 Å². The fourth-order valence-electron chi connectivity index (χ4n) is 1.33. The summed E-state index contributed by atoms with van der Waals surface area (Å²) in [6.45, 7) is 5.46. The van der Waals surface area contributed by atoms with Crippen molar-refractivity contribution in [3.63, 3.8) is 0 Å². The third-order valence-electron chi connectivity index (χ3n) is 2.26. The van der Waals surface area contributed by atoms with Crippen LogP contribution >= 0.6 is 0 Å². The second-order valence-electron chi connectivity index (χ2n) is 3.95. The first-order valence-corrected chi connectivity index (χ1v) is 6.63. The van der Waals surface area contributed by atoms with Crippen LogP contribution in [0.25, 0.3) is 0 Å². The summed E-state index contributed by atoms with van der Waals surface area (Å²) in [6, 6.07) is 1.76. The summed E-state index contributed by atoms with van der Waals surface area (Å²) in [5.74, 6) is 1.20. The maximum atomic E-state index is 5.44. The first kappa shape index (κ1) is 15.7. The number of nitrogens with one attached hydrogen (secondary N) is 1. The topological polar surface area (TPSA) is 65.5 Å². The lowest BCUT2D eigenvalue weighted by Gasteiger charge is -2.07. The molecule has 0 unspecified atom stereocenters. The van der Waals surface area contributed by atoms with Crippen LogP contribution in [0.15, 0.2) is 12.3 Å². The lowest BCUT2D eigenvalue weighted by atomic mass is 10.4. The molecule has 0 bridgehead atoms. The second-order valence-corrected chi connectivity index (χ2v) is 3.95. The molecule has 0 amide bonds. The number of hydrogen-bond donors (Lipinski definition) is 1. The first-order chi connectivity index (χ1) is 9.36. The zero-order chi connectivity index (χ0) is 13.8. The summed E-state index contributed by atoms with van der Waals surface area (Å²) in [6.07, 6.45) is 3.55. The fraction of sp³-hybridized carbons (Fsp3) is 0.692. The van der Waals surface area contributed by atoms with Crippen molar-refractivity contribution < 1.29 is 14.2 Å². The van der Waals surface area contributed by atoms with Crippen molar-refractivity contribution >= 4 is 5.95 Å². The molecule has 0 saturated heterocycles. The smallest absolute Gasteiger partial charge is 0.225 e. The van der Waals surface area contributed by atoms with E-state index in [-0.39, 0.29) is 0 Å². The molecule has 0 fully saturated rings. The molecule has 0 radical (unpaired) electrons. The van der Waals surface area contributed by atoms with E-state index in [0.717, 1.165) is 19.4 Å². The van der Waals surface area contributed by atoms with E-state index < -0.39 is 0 Å². The minimum Gasteiger partial charge on any atom is -0.478 e. The number of ether oxygens (including phenoxy) is 3. The Kier molecular flexibility index (Phi) is 8.67. The van der Waals surface area contributed by atoms with Gasteiger partial charge in [-0.05, 0) is 12.8 Å². The third kappa shape index (κ3) is 7.58. The lowest BCUT2D eigenvalue weighted by molar-refractivity contribution is 0.0705. The van der Waals surface area contributed by atoms with Crippen LogP contribution in [0.4, 0.5) is 5.95 Å². The van der Waals surface area contributed by atoms with Crippen LogP contribution in [0, 0.1) is 0 Å². The molecular formula is C13H23N3O3. The van der Waals surface area contributed by atoms with Crippen LogP contribution < -0.4 is 10.1 Å². The van der Waals surface area contributed by atoms with Gasteiger partial charge in [-0.2, -0.15) is 4.98 Å². The van der Waals surface area contributed by atoms with Gasteiger partial charge in [0.2, 0.25) is 11.8 Å². The molecule has 1 N–H and O–H groups in total. The van der Waals surface area contributed by atoms with Gasteiger partial charge in [0.05, 0.1) is 19.8 Å². The average Bonchev–Trinajstić information content (AvgIpc) is 2.44. The van der Waals surface area contributed by atoms with Gasteiger partial charge < -0.3 is 19.5 Å². The van der Waals surface area contributed by atoms with Gasteiger partial charge in [-0.15, -0.1) is 0 Å². The normalized spacial score (nSPS) is 10.4. The monoisotopic (exact) mass is 269 g/mol. The van der Waals surface area contributed by atoms with Gasteiger partial charge in [0.25, 0.3) is 0 Å². The average molecular weight is 269 g/mol. The van der Waals surface area contributed by atoms with E-state index in [1.807, 2.05) is 0 Å². The quantitative estimate of drug-likeness (QED) is 0.617. The molecule has 6 heteroatoms. The van der Waals surface area contributed by atoms with Crippen molar-refractivity contribution in [3.05, 3.63) is 12.3 Å². The minimum atomic E-state index is 0.588. The van der Waals surface area contributed by atoms with Gasteiger partial charge in [0, 0.05) is 32.5 Å². The highest BCUT2D eigenvalue weighted by atomic mass is 16.5. The highest BCUT2D eigenvalue weighted by Crippen LogP contribution is 2.08. The molecule has 0 aliphatic heterocycles. The van der Waals surface area contributed by atoms with E-state index in [9.17, 15) is 0 Å². The molecule has 19 heavy (non-hydrogen) atoms. The van der Waals surface area contributed by atoms with Crippen LogP contribution in [0.5, 0.6) is 5.88 Å². The van der Waals surface area contributed by atoms with E-state index in [1.165, 1.54) is 0 Å². The Morgan fingerprint density at radius 2 is 2.11 bits per heavy atom. The molecule has 0 saturated carbocycles. The number of aromatic nitrogens is 2. The highest BCUT2D eigenvalue weighted by molar-refractivity contribution is 5.27. The number of hydrogen-bond acceptors (Lipinski definition) is 6. The van der Waals surface area contributed by atoms with Crippen molar-refractivity contribution in [2.24, 2.45) is 0 Å². The van der Waals surface area contributed by atoms with E-state index in [1.54, 1.807) is 19.4 Å². The fourth-order valence-corrected chi connectivity index (χ4v) is 1.33. The van der Waals surface area contributed by atoms with Crippen LogP contribution in [0.3, 0.4) is 0 Å². The zero-order valence-corrected chi connectivity index (χ0v) is 11.7. The summed E-state index contributed by atoms with van der Waals surface area (Å²) in [5, 5.41) is 3.14. The summed E-state index contributed by atoms with van der Waals surface area (Å²) in [5.41, 5.74) is 0. The van der Waals surface area contributed by atoms with Crippen LogP contribution in [-0.4, -0.2) is 50.1 Å². The Morgan fingerprint density at radius 3 is 2.89 bits per heavy atom. The highest BCUT2D eigenvalue weighted by Gasteiger charge is 1.99. The molecule has 1 rings (SSSR count). The van der Waals surface area contributed by atoms with Crippen molar-refractivity contribution in [2.75, 3.05) is 45.4 Å². The van der Waals surface area contributed by atoms with Gasteiger partial charge in [-0.25, -0.2) is 4.98 Å². The van der Waals surface area contributed by atoms with E-state index >= 15 is 0 Å². The van der Waals surface area contributed by atoms with Gasteiger partial charge >= 0.3 is 0 Å². The molecule has 6 nitrogen and oxygen atoms in total. The van der Waals surface area contributed by atoms with Crippen LogP contribution in [0.1, 0.15) is 19.8 Å². The first-order valence-electron chi connectivity index (χ1n) is 6.63. The van der Waals surface area contributed by atoms with Crippen molar-refractivity contribution in [1.82, 2.24) is 9.97 Å². The Bertz CT molecular complexity index is 337. The summed E-state index contributed by atoms with van der Waals surface area (Å²) in [7, 11) is 1.66. The number of methoxy groups -OCH3 is 1. The largest absolute Gasteiger partial charge is 0.478 e. The maximum Gasteiger partial charge on any atom is 0.225 e. The molecular weight excluding hydrogens is 246 g/mol. The summed E-state index contributed by atoms with van der Waals surface area (Å²) < 4.78 is 15.7. The van der Waals surface area contributed by atoms with Gasteiger partial charge in [-0.3, -0.25) is 0 Å². The van der Waals surface area contributed by atoms with E-state index in [4.69, 9.17) is 14.2 Å². The number of rotatable bonds is 11. The molecule has 1 aromatic rings. The molecule has 1 aromatic heterocycles.